The van der Waals surface area contributed by atoms with Gasteiger partial charge in [0.2, 0.25) is 5.91 Å². The molecular formula is C14H20N4O. The number of hydrogen-bond acceptors (Lipinski definition) is 4. The molecule has 1 aromatic rings. The minimum absolute atomic E-state index is 0.207. The van der Waals surface area contributed by atoms with Crippen LogP contribution in [0.3, 0.4) is 0 Å². The van der Waals surface area contributed by atoms with Crippen LogP contribution in [0, 0.1) is 0 Å². The number of piperazine rings is 1. The van der Waals surface area contributed by atoms with Gasteiger partial charge in [-0.25, -0.2) is 0 Å². The summed E-state index contributed by atoms with van der Waals surface area (Å²) in [6, 6.07) is 2.41. The molecule has 3 heterocycles. The van der Waals surface area contributed by atoms with Crippen LogP contribution in [0.2, 0.25) is 0 Å². The van der Waals surface area contributed by atoms with Gasteiger partial charge in [-0.05, 0) is 25.0 Å². The lowest BCUT2D eigenvalue weighted by molar-refractivity contribution is -0.119. The number of carbonyl (C=O) groups is 1. The number of rotatable bonds is 2. The SMILES string of the molecule is C[C@@H]1CN(CC(=O)N2CCc3cnccc32)CCN1. The first-order chi connectivity index (χ1) is 9.24. The Morgan fingerprint density at radius 3 is 3.26 bits per heavy atom. The molecule has 0 saturated carbocycles. The number of anilines is 1. The number of carbonyl (C=O) groups excluding carboxylic acids is 1. The van der Waals surface area contributed by atoms with Crippen LogP contribution >= 0.6 is 0 Å². The monoisotopic (exact) mass is 260 g/mol. The van der Waals surface area contributed by atoms with Crippen LogP contribution in [0.15, 0.2) is 18.5 Å². The van der Waals surface area contributed by atoms with Crippen molar-refractivity contribution in [1.82, 2.24) is 15.2 Å². The van der Waals surface area contributed by atoms with E-state index in [1.165, 1.54) is 5.56 Å². The van der Waals surface area contributed by atoms with Crippen molar-refractivity contribution in [2.75, 3.05) is 37.6 Å². The molecule has 0 radical (unpaired) electrons. The maximum atomic E-state index is 12.4. The van der Waals surface area contributed by atoms with Crippen LogP contribution in [-0.4, -0.2) is 54.6 Å². The van der Waals surface area contributed by atoms with Crippen molar-refractivity contribution < 1.29 is 4.79 Å². The fraction of sp³-hybridized carbons (Fsp3) is 0.571. The predicted octanol–water partition coefficient (Wildman–Crippen LogP) is 0.264. The summed E-state index contributed by atoms with van der Waals surface area (Å²) in [6.45, 7) is 6.34. The van der Waals surface area contributed by atoms with Crippen LogP contribution in [-0.2, 0) is 11.2 Å². The standard InChI is InChI=1S/C14H20N4O/c1-11-9-17(7-5-16-11)10-14(19)18-6-3-12-8-15-4-2-13(12)18/h2,4,8,11,16H,3,5-7,9-10H2,1H3/t11-/m1/s1. The van der Waals surface area contributed by atoms with Crippen molar-refractivity contribution in [3.8, 4) is 0 Å². The average molecular weight is 260 g/mol. The molecule has 102 valence electrons. The van der Waals surface area contributed by atoms with Gasteiger partial charge in [-0.1, -0.05) is 0 Å². The van der Waals surface area contributed by atoms with Crippen molar-refractivity contribution in [3.63, 3.8) is 0 Å². The quantitative estimate of drug-likeness (QED) is 0.829. The normalized spacial score (nSPS) is 23.4. The number of aromatic nitrogens is 1. The van der Waals surface area contributed by atoms with Crippen molar-refractivity contribution in [2.45, 2.75) is 19.4 Å². The summed E-state index contributed by atoms with van der Waals surface area (Å²) >= 11 is 0. The van der Waals surface area contributed by atoms with E-state index < -0.39 is 0 Å². The Hall–Kier alpha value is -1.46. The van der Waals surface area contributed by atoms with Gasteiger partial charge in [0.15, 0.2) is 0 Å². The number of amides is 1. The van der Waals surface area contributed by atoms with Crippen molar-refractivity contribution >= 4 is 11.6 Å². The van der Waals surface area contributed by atoms with Crippen LogP contribution in [0.25, 0.3) is 0 Å². The molecule has 19 heavy (non-hydrogen) atoms. The number of hydrogen-bond donors (Lipinski definition) is 1. The number of fused-ring (bicyclic) bond motifs is 1. The largest absolute Gasteiger partial charge is 0.312 e. The maximum absolute atomic E-state index is 12.4. The van der Waals surface area contributed by atoms with Gasteiger partial charge in [0.25, 0.3) is 0 Å². The highest BCUT2D eigenvalue weighted by Gasteiger charge is 2.26. The molecule has 1 fully saturated rings. The summed E-state index contributed by atoms with van der Waals surface area (Å²) in [6.07, 6.45) is 4.56. The molecule has 0 unspecified atom stereocenters. The summed E-state index contributed by atoms with van der Waals surface area (Å²) in [5.74, 6) is 0.207. The third-order valence-electron chi connectivity index (χ3n) is 3.89. The lowest BCUT2D eigenvalue weighted by Gasteiger charge is -2.32. The van der Waals surface area contributed by atoms with E-state index in [0.29, 0.717) is 12.6 Å². The zero-order chi connectivity index (χ0) is 13.2. The highest BCUT2D eigenvalue weighted by Crippen LogP contribution is 2.26. The van der Waals surface area contributed by atoms with Gasteiger partial charge < -0.3 is 10.2 Å². The minimum atomic E-state index is 0.207. The Bertz CT molecular complexity index is 476. The molecule has 5 nitrogen and oxygen atoms in total. The van der Waals surface area contributed by atoms with Crippen LogP contribution < -0.4 is 10.2 Å². The Kier molecular flexibility index (Phi) is 3.48. The van der Waals surface area contributed by atoms with Crippen LogP contribution in [0.1, 0.15) is 12.5 Å². The van der Waals surface area contributed by atoms with E-state index in [-0.39, 0.29) is 5.91 Å². The van der Waals surface area contributed by atoms with Crippen molar-refractivity contribution in [1.29, 1.82) is 0 Å². The molecule has 1 saturated heterocycles. The van der Waals surface area contributed by atoms with Crippen molar-refractivity contribution in [3.05, 3.63) is 24.0 Å². The fourth-order valence-electron chi connectivity index (χ4n) is 2.92. The second-order valence-electron chi connectivity index (χ2n) is 5.39. The Morgan fingerprint density at radius 1 is 1.53 bits per heavy atom. The Balaban J connectivity index is 1.65. The van der Waals surface area contributed by atoms with E-state index in [0.717, 1.165) is 38.3 Å². The first-order valence-electron chi connectivity index (χ1n) is 6.93. The first-order valence-corrected chi connectivity index (χ1v) is 6.93. The molecule has 0 aromatic carbocycles. The molecule has 1 aromatic heterocycles. The predicted molar refractivity (Wildman–Crippen MR) is 74.2 cm³/mol. The second kappa shape index (κ2) is 5.27. The first kappa shape index (κ1) is 12.6. The lowest BCUT2D eigenvalue weighted by Crippen LogP contribution is -2.52. The van der Waals surface area contributed by atoms with E-state index in [4.69, 9.17) is 0 Å². The molecule has 2 aliphatic rings. The third kappa shape index (κ3) is 2.62. The van der Waals surface area contributed by atoms with E-state index in [1.807, 2.05) is 17.2 Å². The summed E-state index contributed by atoms with van der Waals surface area (Å²) in [4.78, 5) is 20.7. The molecule has 3 rings (SSSR count). The molecule has 1 N–H and O–H groups in total. The lowest BCUT2D eigenvalue weighted by atomic mass is 10.2. The summed E-state index contributed by atoms with van der Waals surface area (Å²) in [5.41, 5.74) is 2.23. The average Bonchev–Trinajstić information content (AvgIpc) is 2.82. The molecule has 2 aliphatic heterocycles. The molecule has 0 spiro atoms. The zero-order valence-corrected chi connectivity index (χ0v) is 11.3. The summed E-state index contributed by atoms with van der Waals surface area (Å²) in [7, 11) is 0. The van der Waals surface area contributed by atoms with Crippen LogP contribution in [0.5, 0.6) is 0 Å². The maximum Gasteiger partial charge on any atom is 0.241 e. The number of nitrogens with zero attached hydrogens (tertiary/aromatic N) is 3. The molecule has 1 atom stereocenters. The van der Waals surface area contributed by atoms with E-state index in [2.05, 4.69) is 22.1 Å². The number of pyridine rings is 1. The molecule has 0 aliphatic carbocycles. The highest BCUT2D eigenvalue weighted by atomic mass is 16.2. The van der Waals surface area contributed by atoms with Gasteiger partial charge in [-0.15, -0.1) is 0 Å². The fourth-order valence-corrected chi connectivity index (χ4v) is 2.92. The van der Waals surface area contributed by atoms with Gasteiger partial charge in [0, 0.05) is 50.3 Å². The van der Waals surface area contributed by atoms with Gasteiger partial charge >= 0.3 is 0 Å². The van der Waals surface area contributed by atoms with Gasteiger partial charge in [-0.2, -0.15) is 0 Å². The minimum Gasteiger partial charge on any atom is -0.312 e. The highest BCUT2D eigenvalue weighted by molar-refractivity contribution is 5.96. The molecule has 0 bridgehead atoms. The second-order valence-corrected chi connectivity index (χ2v) is 5.39. The zero-order valence-electron chi connectivity index (χ0n) is 11.3. The Morgan fingerprint density at radius 2 is 2.42 bits per heavy atom. The van der Waals surface area contributed by atoms with E-state index in [9.17, 15) is 4.79 Å². The van der Waals surface area contributed by atoms with Gasteiger partial charge in [0.05, 0.1) is 6.54 Å². The van der Waals surface area contributed by atoms with Gasteiger partial charge in [0.1, 0.15) is 0 Å². The number of nitrogens with one attached hydrogen (secondary N) is 1. The summed E-state index contributed by atoms with van der Waals surface area (Å²) < 4.78 is 0. The summed E-state index contributed by atoms with van der Waals surface area (Å²) in [5, 5.41) is 3.40. The van der Waals surface area contributed by atoms with E-state index >= 15 is 0 Å². The smallest absolute Gasteiger partial charge is 0.241 e. The third-order valence-corrected chi connectivity index (χ3v) is 3.89. The van der Waals surface area contributed by atoms with Crippen LogP contribution in [0.4, 0.5) is 5.69 Å². The Labute approximate surface area is 113 Å². The molecule has 1 amide bonds. The molecule has 5 heteroatoms. The van der Waals surface area contributed by atoms with E-state index in [1.54, 1.807) is 6.20 Å². The molecular weight excluding hydrogens is 240 g/mol. The van der Waals surface area contributed by atoms with Gasteiger partial charge in [-0.3, -0.25) is 14.7 Å². The topological polar surface area (TPSA) is 48.5 Å². The van der Waals surface area contributed by atoms with Crippen molar-refractivity contribution in [2.24, 2.45) is 0 Å².